The van der Waals surface area contributed by atoms with Gasteiger partial charge >= 0.3 is 0 Å². The molecule has 0 aliphatic rings. The minimum absolute atomic E-state index is 0.0700. The highest BCUT2D eigenvalue weighted by Gasteiger charge is 2.15. The van der Waals surface area contributed by atoms with Gasteiger partial charge in [0.2, 0.25) is 0 Å². The van der Waals surface area contributed by atoms with Gasteiger partial charge in [0.05, 0.1) is 4.47 Å². The van der Waals surface area contributed by atoms with Gasteiger partial charge in [-0.25, -0.2) is 8.78 Å². The molecule has 0 heterocycles. The monoisotopic (exact) mass is 333 g/mol. The lowest BCUT2D eigenvalue weighted by Crippen LogP contribution is -2.38. The van der Waals surface area contributed by atoms with Gasteiger partial charge in [-0.05, 0) is 74.1 Å². The number of nitrogens with one attached hydrogen (secondary N) is 1. The summed E-state index contributed by atoms with van der Waals surface area (Å²) < 4.78 is 27.7. The Bertz CT molecular complexity index is 427. The van der Waals surface area contributed by atoms with Crippen molar-refractivity contribution in [3.8, 4) is 0 Å². The Morgan fingerprint density at radius 1 is 1.26 bits per heavy atom. The van der Waals surface area contributed by atoms with Crippen molar-refractivity contribution >= 4 is 15.9 Å². The Hall–Kier alpha value is -0.480. The summed E-state index contributed by atoms with van der Waals surface area (Å²) in [6, 6.07) is 2.71. The zero-order valence-electron chi connectivity index (χ0n) is 12.0. The number of hydrogen-bond acceptors (Lipinski definition) is 1. The van der Waals surface area contributed by atoms with Gasteiger partial charge in [0.25, 0.3) is 0 Å². The first-order valence-corrected chi connectivity index (χ1v) is 7.37. The van der Waals surface area contributed by atoms with E-state index < -0.39 is 11.6 Å². The van der Waals surface area contributed by atoms with Crippen molar-refractivity contribution in [2.45, 2.75) is 46.1 Å². The fraction of sp³-hybridized carbons (Fsp3) is 0.600. The molecule has 1 atom stereocenters. The Morgan fingerprint density at radius 3 is 2.47 bits per heavy atom. The maximum absolute atomic E-state index is 13.8. The molecule has 0 radical (unpaired) electrons. The summed E-state index contributed by atoms with van der Waals surface area (Å²) in [7, 11) is 0. The molecular formula is C15H22BrF2N. The van der Waals surface area contributed by atoms with E-state index in [0.717, 1.165) is 13.0 Å². The summed E-state index contributed by atoms with van der Waals surface area (Å²) in [6.45, 7) is 9.25. The van der Waals surface area contributed by atoms with Crippen LogP contribution in [-0.2, 0) is 6.42 Å². The summed E-state index contributed by atoms with van der Waals surface area (Å²) in [5.74, 6) is -0.565. The normalized spacial score (nSPS) is 13.6. The molecule has 4 heteroatoms. The Kier molecular flexibility index (Phi) is 5.93. The van der Waals surface area contributed by atoms with Gasteiger partial charge in [-0.2, -0.15) is 0 Å². The van der Waals surface area contributed by atoms with E-state index in [2.05, 4.69) is 48.9 Å². The molecule has 1 aromatic carbocycles. The molecule has 0 bridgehead atoms. The maximum Gasteiger partial charge on any atom is 0.143 e. The number of rotatable bonds is 5. The van der Waals surface area contributed by atoms with Crippen molar-refractivity contribution in [1.29, 1.82) is 0 Å². The van der Waals surface area contributed by atoms with E-state index in [1.165, 1.54) is 12.1 Å². The second-order valence-corrected chi connectivity index (χ2v) is 6.95. The van der Waals surface area contributed by atoms with Crippen LogP contribution in [0.2, 0.25) is 0 Å². The van der Waals surface area contributed by atoms with E-state index in [9.17, 15) is 8.78 Å². The zero-order valence-corrected chi connectivity index (χ0v) is 13.6. The molecule has 1 N–H and O–H groups in total. The SMILES string of the molecule is CC(CCc1c(F)ccc(Br)c1F)CNC(C)(C)C. The predicted octanol–water partition coefficient (Wildman–Crippen LogP) is 4.68. The van der Waals surface area contributed by atoms with Gasteiger partial charge in [-0.15, -0.1) is 0 Å². The molecule has 0 aliphatic heterocycles. The van der Waals surface area contributed by atoms with Crippen molar-refractivity contribution in [2.75, 3.05) is 6.54 Å². The van der Waals surface area contributed by atoms with Crippen LogP contribution in [0.4, 0.5) is 8.78 Å². The third-order valence-electron chi connectivity index (χ3n) is 3.01. The smallest absolute Gasteiger partial charge is 0.143 e. The van der Waals surface area contributed by atoms with E-state index in [1.54, 1.807) is 0 Å². The van der Waals surface area contributed by atoms with Crippen molar-refractivity contribution in [3.05, 3.63) is 33.8 Å². The van der Waals surface area contributed by atoms with Crippen LogP contribution in [0.3, 0.4) is 0 Å². The van der Waals surface area contributed by atoms with Crippen molar-refractivity contribution in [3.63, 3.8) is 0 Å². The first-order valence-electron chi connectivity index (χ1n) is 6.58. The molecular weight excluding hydrogens is 312 g/mol. The average Bonchev–Trinajstić information content (AvgIpc) is 2.30. The molecule has 0 saturated heterocycles. The van der Waals surface area contributed by atoms with Gasteiger partial charge in [-0.1, -0.05) is 6.92 Å². The van der Waals surface area contributed by atoms with Gasteiger partial charge in [0.15, 0.2) is 0 Å². The standard InChI is InChI=1S/C15H22BrF2N/c1-10(9-19-15(2,3)4)5-6-11-13(17)8-7-12(16)14(11)18/h7-8,10,19H,5-6,9H2,1-4H3. The maximum atomic E-state index is 13.8. The Balaban J connectivity index is 2.55. The molecule has 1 rings (SSSR count). The van der Waals surface area contributed by atoms with Crippen LogP contribution in [0.15, 0.2) is 16.6 Å². The molecule has 1 unspecified atom stereocenters. The average molecular weight is 334 g/mol. The minimum Gasteiger partial charge on any atom is -0.312 e. The van der Waals surface area contributed by atoms with E-state index in [-0.39, 0.29) is 11.1 Å². The lowest BCUT2D eigenvalue weighted by molar-refractivity contribution is 0.370. The summed E-state index contributed by atoms with van der Waals surface area (Å²) in [5.41, 5.74) is 0.248. The van der Waals surface area contributed by atoms with Crippen LogP contribution in [0, 0.1) is 17.6 Å². The summed E-state index contributed by atoms with van der Waals surface area (Å²) in [4.78, 5) is 0. The molecule has 1 aromatic rings. The number of hydrogen-bond donors (Lipinski definition) is 1. The molecule has 0 spiro atoms. The van der Waals surface area contributed by atoms with Crippen LogP contribution in [0.5, 0.6) is 0 Å². The minimum atomic E-state index is -0.476. The molecule has 0 amide bonds. The largest absolute Gasteiger partial charge is 0.312 e. The molecule has 0 fully saturated rings. The van der Waals surface area contributed by atoms with Crippen molar-refractivity contribution in [2.24, 2.45) is 5.92 Å². The fourth-order valence-electron chi connectivity index (χ4n) is 1.77. The third-order valence-corrected chi connectivity index (χ3v) is 3.62. The van der Waals surface area contributed by atoms with Crippen molar-refractivity contribution in [1.82, 2.24) is 5.32 Å². The highest BCUT2D eigenvalue weighted by atomic mass is 79.9. The predicted molar refractivity (Wildman–Crippen MR) is 79.3 cm³/mol. The molecule has 19 heavy (non-hydrogen) atoms. The van der Waals surface area contributed by atoms with Crippen LogP contribution < -0.4 is 5.32 Å². The molecule has 0 aromatic heterocycles. The lowest BCUT2D eigenvalue weighted by Gasteiger charge is -2.23. The van der Waals surface area contributed by atoms with Gasteiger partial charge in [0, 0.05) is 11.1 Å². The quantitative estimate of drug-likeness (QED) is 0.771. The third kappa shape index (κ3) is 5.57. The highest BCUT2D eigenvalue weighted by molar-refractivity contribution is 9.10. The summed E-state index contributed by atoms with van der Waals surface area (Å²) >= 11 is 3.09. The zero-order chi connectivity index (χ0) is 14.6. The van der Waals surface area contributed by atoms with E-state index >= 15 is 0 Å². The molecule has 108 valence electrons. The first kappa shape index (κ1) is 16.6. The first-order chi connectivity index (χ1) is 8.70. The second-order valence-electron chi connectivity index (χ2n) is 6.10. The van der Waals surface area contributed by atoms with E-state index in [0.29, 0.717) is 16.8 Å². The topological polar surface area (TPSA) is 12.0 Å². The Labute approximate surface area is 122 Å². The lowest BCUT2D eigenvalue weighted by atomic mass is 9.99. The second kappa shape index (κ2) is 6.80. The van der Waals surface area contributed by atoms with Gasteiger partial charge < -0.3 is 5.32 Å². The number of halogens is 3. The molecule has 0 aliphatic carbocycles. The molecule has 1 nitrogen and oxygen atoms in total. The summed E-state index contributed by atoms with van der Waals surface area (Å²) in [6.07, 6.45) is 1.18. The van der Waals surface area contributed by atoms with Crippen LogP contribution in [0.1, 0.15) is 39.7 Å². The van der Waals surface area contributed by atoms with E-state index in [4.69, 9.17) is 0 Å². The highest BCUT2D eigenvalue weighted by Crippen LogP contribution is 2.23. The van der Waals surface area contributed by atoms with Gasteiger partial charge in [-0.3, -0.25) is 0 Å². The van der Waals surface area contributed by atoms with Crippen LogP contribution >= 0.6 is 15.9 Å². The Morgan fingerprint density at radius 2 is 1.89 bits per heavy atom. The van der Waals surface area contributed by atoms with E-state index in [1.807, 2.05) is 0 Å². The summed E-state index contributed by atoms with van der Waals surface area (Å²) in [5, 5.41) is 3.40. The van der Waals surface area contributed by atoms with Crippen LogP contribution in [-0.4, -0.2) is 12.1 Å². The number of benzene rings is 1. The fourth-order valence-corrected chi connectivity index (χ4v) is 2.14. The van der Waals surface area contributed by atoms with Crippen molar-refractivity contribution < 1.29 is 8.78 Å². The van der Waals surface area contributed by atoms with Gasteiger partial charge in [0.1, 0.15) is 11.6 Å². The van der Waals surface area contributed by atoms with Crippen LogP contribution in [0.25, 0.3) is 0 Å². The molecule has 0 saturated carbocycles.